The van der Waals surface area contributed by atoms with Crippen LogP contribution in [0.1, 0.15) is 27.2 Å². The minimum absolute atomic E-state index is 0.155. The van der Waals surface area contributed by atoms with Gasteiger partial charge in [-0.3, -0.25) is 4.79 Å². The third-order valence-corrected chi connectivity index (χ3v) is 3.69. The number of aromatic nitrogens is 1. The number of hydrogen-bond donors (Lipinski definition) is 3. The number of benzene rings is 2. The third kappa shape index (κ3) is 3.08. The summed E-state index contributed by atoms with van der Waals surface area (Å²) >= 11 is 0. The number of hydrazone groups is 1. The van der Waals surface area contributed by atoms with Crippen LogP contribution in [0, 0.1) is 13.8 Å². The highest BCUT2D eigenvalue weighted by Gasteiger charge is 2.14. The average molecular weight is 307 g/mol. The lowest BCUT2D eigenvalue weighted by molar-refractivity contribution is 0.0950. The third-order valence-electron chi connectivity index (χ3n) is 3.69. The molecule has 0 aliphatic heterocycles. The molecule has 3 rings (SSSR count). The van der Waals surface area contributed by atoms with Crippen molar-refractivity contribution in [3.05, 3.63) is 64.8 Å². The molecule has 0 spiro atoms. The van der Waals surface area contributed by atoms with Crippen LogP contribution in [-0.4, -0.2) is 22.2 Å². The number of aromatic hydroxyl groups is 1. The van der Waals surface area contributed by atoms with E-state index >= 15 is 0 Å². The van der Waals surface area contributed by atoms with E-state index in [1.807, 2.05) is 32.0 Å². The predicted octanol–water partition coefficient (Wildman–Crippen LogP) is 3.25. The fraction of sp³-hybridized carbons (Fsp3) is 0.111. The summed E-state index contributed by atoms with van der Waals surface area (Å²) in [5, 5.41) is 14.4. The second kappa shape index (κ2) is 5.96. The summed E-state index contributed by atoms with van der Waals surface area (Å²) in [5.41, 5.74) is 6.67. The van der Waals surface area contributed by atoms with Gasteiger partial charge in [-0.1, -0.05) is 23.8 Å². The van der Waals surface area contributed by atoms with Gasteiger partial charge in [0.1, 0.15) is 11.4 Å². The summed E-state index contributed by atoms with van der Waals surface area (Å²) in [6, 6.07) is 12.6. The Hall–Kier alpha value is -3.08. The monoisotopic (exact) mass is 307 g/mol. The van der Waals surface area contributed by atoms with Gasteiger partial charge in [-0.15, -0.1) is 0 Å². The number of fused-ring (bicyclic) bond motifs is 1. The summed E-state index contributed by atoms with van der Waals surface area (Å²) in [5.74, 6) is -0.144. The van der Waals surface area contributed by atoms with Crippen LogP contribution in [0.4, 0.5) is 0 Å². The van der Waals surface area contributed by atoms with E-state index < -0.39 is 0 Å². The Morgan fingerprint density at radius 1 is 1.22 bits per heavy atom. The zero-order valence-corrected chi connectivity index (χ0v) is 12.9. The van der Waals surface area contributed by atoms with Crippen LogP contribution in [-0.2, 0) is 0 Å². The second-order valence-corrected chi connectivity index (χ2v) is 5.47. The van der Waals surface area contributed by atoms with E-state index in [4.69, 9.17) is 0 Å². The first-order valence-electron chi connectivity index (χ1n) is 7.26. The molecular weight excluding hydrogens is 290 g/mol. The molecule has 0 aliphatic carbocycles. The van der Waals surface area contributed by atoms with E-state index in [1.54, 1.807) is 24.3 Å². The highest BCUT2D eigenvalue weighted by molar-refractivity contribution is 6.01. The molecule has 0 atom stereocenters. The average Bonchev–Trinajstić information content (AvgIpc) is 2.84. The number of phenols is 1. The largest absolute Gasteiger partial charge is 0.508 e. The number of amides is 1. The molecule has 23 heavy (non-hydrogen) atoms. The van der Waals surface area contributed by atoms with Crippen LogP contribution in [0.2, 0.25) is 0 Å². The van der Waals surface area contributed by atoms with Crippen molar-refractivity contribution in [1.29, 1.82) is 0 Å². The van der Waals surface area contributed by atoms with Crippen molar-refractivity contribution in [3.63, 3.8) is 0 Å². The number of carbonyl (C=O) groups is 1. The lowest BCUT2D eigenvalue weighted by Gasteiger charge is -1.99. The molecule has 0 saturated heterocycles. The van der Waals surface area contributed by atoms with Crippen molar-refractivity contribution in [3.8, 4) is 5.75 Å². The summed E-state index contributed by atoms with van der Waals surface area (Å²) in [4.78, 5) is 15.4. The lowest BCUT2D eigenvalue weighted by atomic mass is 10.1. The van der Waals surface area contributed by atoms with E-state index in [0.717, 1.165) is 22.0 Å². The zero-order valence-electron chi connectivity index (χ0n) is 12.9. The number of H-pyrrole nitrogens is 1. The number of hydrogen-bond acceptors (Lipinski definition) is 3. The van der Waals surface area contributed by atoms with Gasteiger partial charge in [0, 0.05) is 10.9 Å². The number of nitrogens with one attached hydrogen (secondary N) is 2. The Bertz CT molecular complexity index is 910. The first-order valence-corrected chi connectivity index (χ1v) is 7.26. The summed E-state index contributed by atoms with van der Waals surface area (Å²) in [7, 11) is 0. The molecule has 0 radical (unpaired) electrons. The molecule has 1 amide bonds. The van der Waals surface area contributed by atoms with Gasteiger partial charge >= 0.3 is 0 Å². The SMILES string of the molecule is Cc1ccc2[nH]c(C(=O)N/N=C\c3cccc(O)c3)c(C)c2c1. The maximum atomic E-state index is 12.3. The molecule has 5 nitrogen and oxygen atoms in total. The van der Waals surface area contributed by atoms with Crippen LogP contribution < -0.4 is 5.43 Å². The normalized spacial score (nSPS) is 11.2. The van der Waals surface area contributed by atoms with Crippen molar-refractivity contribution in [2.24, 2.45) is 5.10 Å². The van der Waals surface area contributed by atoms with Gasteiger partial charge < -0.3 is 10.1 Å². The Kier molecular flexibility index (Phi) is 3.85. The summed E-state index contributed by atoms with van der Waals surface area (Å²) in [6.07, 6.45) is 1.49. The fourth-order valence-corrected chi connectivity index (χ4v) is 2.49. The second-order valence-electron chi connectivity index (χ2n) is 5.47. The number of rotatable bonds is 3. The Balaban J connectivity index is 1.80. The number of carbonyl (C=O) groups excluding carboxylic acids is 1. The van der Waals surface area contributed by atoms with Gasteiger partial charge in [-0.05, 0) is 49.2 Å². The molecule has 5 heteroatoms. The molecule has 2 aromatic carbocycles. The molecule has 0 saturated carbocycles. The summed E-state index contributed by atoms with van der Waals surface area (Å²) < 4.78 is 0. The van der Waals surface area contributed by atoms with Gasteiger partial charge in [0.15, 0.2) is 0 Å². The molecule has 0 aliphatic rings. The standard InChI is InChI=1S/C18H17N3O2/c1-11-6-7-16-15(8-11)12(2)17(20-16)18(23)21-19-10-13-4-3-5-14(22)9-13/h3-10,20,22H,1-2H3,(H,21,23)/b19-10-. The molecule has 1 aromatic heterocycles. The minimum atomic E-state index is -0.298. The number of nitrogens with zero attached hydrogens (tertiary/aromatic N) is 1. The van der Waals surface area contributed by atoms with Crippen molar-refractivity contribution in [1.82, 2.24) is 10.4 Å². The van der Waals surface area contributed by atoms with Gasteiger partial charge in [-0.2, -0.15) is 5.10 Å². The van der Waals surface area contributed by atoms with E-state index in [9.17, 15) is 9.90 Å². The van der Waals surface area contributed by atoms with Crippen molar-refractivity contribution in [2.45, 2.75) is 13.8 Å². The van der Waals surface area contributed by atoms with Gasteiger partial charge in [0.2, 0.25) is 0 Å². The van der Waals surface area contributed by atoms with Crippen LogP contribution in [0.25, 0.3) is 10.9 Å². The molecule has 1 heterocycles. The molecule has 0 bridgehead atoms. The lowest BCUT2D eigenvalue weighted by Crippen LogP contribution is -2.18. The Labute approximate surface area is 133 Å². The topological polar surface area (TPSA) is 77.5 Å². The number of phenolic OH excluding ortho intramolecular Hbond substituents is 1. The van der Waals surface area contributed by atoms with E-state index in [0.29, 0.717) is 11.3 Å². The Morgan fingerprint density at radius 2 is 2.04 bits per heavy atom. The molecule has 116 valence electrons. The van der Waals surface area contributed by atoms with Crippen molar-refractivity contribution >= 4 is 23.0 Å². The maximum absolute atomic E-state index is 12.3. The highest BCUT2D eigenvalue weighted by atomic mass is 16.3. The van der Waals surface area contributed by atoms with Gasteiger partial charge in [-0.25, -0.2) is 5.43 Å². The highest BCUT2D eigenvalue weighted by Crippen LogP contribution is 2.22. The van der Waals surface area contributed by atoms with Crippen molar-refractivity contribution < 1.29 is 9.90 Å². The summed E-state index contributed by atoms with van der Waals surface area (Å²) in [6.45, 7) is 3.93. The van der Waals surface area contributed by atoms with Gasteiger partial charge in [0.25, 0.3) is 5.91 Å². The minimum Gasteiger partial charge on any atom is -0.508 e. The molecule has 0 fully saturated rings. The quantitative estimate of drug-likeness (QED) is 0.513. The van der Waals surface area contributed by atoms with Crippen LogP contribution >= 0.6 is 0 Å². The fourth-order valence-electron chi connectivity index (χ4n) is 2.49. The Morgan fingerprint density at radius 3 is 2.83 bits per heavy atom. The molecule has 3 aromatic rings. The zero-order chi connectivity index (χ0) is 16.4. The molecule has 3 N–H and O–H groups in total. The first-order chi connectivity index (χ1) is 11.0. The first kappa shape index (κ1) is 14.8. The number of aryl methyl sites for hydroxylation is 2. The molecule has 0 unspecified atom stereocenters. The van der Waals surface area contributed by atoms with E-state index in [-0.39, 0.29) is 11.7 Å². The van der Waals surface area contributed by atoms with E-state index in [2.05, 4.69) is 15.5 Å². The number of aromatic amines is 1. The van der Waals surface area contributed by atoms with Crippen LogP contribution in [0.3, 0.4) is 0 Å². The van der Waals surface area contributed by atoms with E-state index in [1.165, 1.54) is 6.21 Å². The maximum Gasteiger partial charge on any atom is 0.288 e. The molecular formula is C18H17N3O2. The smallest absolute Gasteiger partial charge is 0.288 e. The van der Waals surface area contributed by atoms with Crippen molar-refractivity contribution in [2.75, 3.05) is 0 Å². The predicted molar refractivity (Wildman–Crippen MR) is 90.9 cm³/mol. The van der Waals surface area contributed by atoms with Crippen LogP contribution in [0.15, 0.2) is 47.6 Å². The van der Waals surface area contributed by atoms with Gasteiger partial charge in [0.05, 0.1) is 6.21 Å². The van der Waals surface area contributed by atoms with Crippen LogP contribution in [0.5, 0.6) is 5.75 Å².